The first-order valence-corrected chi connectivity index (χ1v) is 8.10. The Bertz CT molecular complexity index is 672. The van der Waals surface area contributed by atoms with Crippen molar-refractivity contribution in [3.63, 3.8) is 0 Å². The van der Waals surface area contributed by atoms with Gasteiger partial charge in [0.05, 0.1) is 0 Å². The lowest BCUT2D eigenvalue weighted by Crippen LogP contribution is -2.44. The van der Waals surface area contributed by atoms with Gasteiger partial charge in [0.15, 0.2) is 0 Å². The highest BCUT2D eigenvalue weighted by Gasteiger charge is 2.30. The van der Waals surface area contributed by atoms with Gasteiger partial charge >= 0.3 is 0 Å². The normalized spacial score (nSPS) is 18.0. The SMILES string of the molecule is C=CC=C.C[C@@H]1Cc2c([nH]c3ccccc23)CN1CC(C)(C)F. The third-order valence-electron chi connectivity index (χ3n) is 4.13. The number of halogens is 1. The summed E-state index contributed by atoms with van der Waals surface area (Å²) in [6.07, 6.45) is 4.27. The van der Waals surface area contributed by atoms with Gasteiger partial charge in [0.1, 0.15) is 5.67 Å². The molecule has 0 aliphatic carbocycles. The second-order valence-electron chi connectivity index (χ2n) is 6.78. The van der Waals surface area contributed by atoms with Crippen LogP contribution in [0.5, 0.6) is 0 Å². The number of allylic oxidation sites excluding steroid dienone is 2. The Morgan fingerprint density at radius 1 is 1.30 bits per heavy atom. The molecule has 2 nitrogen and oxygen atoms in total. The van der Waals surface area contributed by atoms with E-state index in [0.29, 0.717) is 12.6 Å². The summed E-state index contributed by atoms with van der Waals surface area (Å²) in [6, 6.07) is 8.81. The van der Waals surface area contributed by atoms with Crippen molar-refractivity contribution in [3.05, 3.63) is 60.8 Å². The van der Waals surface area contributed by atoms with E-state index in [9.17, 15) is 4.39 Å². The number of hydrogen-bond acceptors (Lipinski definition) is 1. The number of benzene rings is 1. The monoisotopic (exact) mass is 314 g/mol. The van der Waals surface area contributed by atoms with E-state index in [1.54, 1.807) is 26.0 Å². The first-order valence-electron chi connectivity index (χ1n) is 8.10. The Morgan fingerprint density at radius 2 is 1.96 bits per heavy atom. The number of hydrogen-bond donors (Lipinski definition) is 1. The molecule has 2 aromatic rings. The Hall–Kier alpha value is -1.87. The summed E-state index contributed by atoms with van der Waals surface area (Å²) >= 11 is 0. The number of nitrogens with zero attached hydrogens (tertiary/aromatic N) is 1. The summed E-state index contributed by atoms with van der Waals surface area (Å²) < 4.78 is 13.9. The fraction of sp³-hybridized carbons (Fsp3) is 0.400. The molecule has 1 aromatic heterocycles. The van der Waals surface area contributed by atoms with Crippen LogP contribution < -0.4 is 0 Å². The van der Waals surface area contributed by atoms with Gasteiger partial charge in [-0.05, 0) is 38.8 Å². The van der Waals surface area contributed by atoms with Gasteiger partial charge in [-0.2, -0.15) is 0 Å². The van der Waals surface area contributed by atoms with Crippen molar-refractivity contribution in [2.45, 2.75) is 45.4 Å². The number of aromatic nitrogens is 1. The van der Waals surface area contributed by atoms with Crippen molar-refractivity contribution in [3.8, 4) is 0 Å². The summed E-state index contributed by atoms with van der Waals surface area (Å²) in [5.74, 6) is 0. The summed E-state index contributed by atoms with van der Waals surface area (Å²) in [5, 5.41) is 1.32. The minimum absolute atomic E-state index is 0.390. The molecular formula is C20H27FN2. The van der Waals surface area contributed by atoms with Crippen LogP contribution in [0.4, 0.5) is 4.39 Å². The van der Waals surface area contributed by atoms with Crippen LogP contribution in [-0.4, -0.2) is 28.1 Å². The predicted molar refractivity (Wildman–Crippen MR) is 97.5 cm³/mol. The highest BCUT2D eigenvalue weighted by atomic mass is 19.1. The highest BCUT2D eigenvalue weighted by molar-refractivity contribution is 5.84. The molecule has 0 fully saturated rings. The van der Waals surface area contributed by atoms with E-state index in [2.05, 4.69) is 54.2 Å². The van der Waals surface area contributed by atoms with Crippen LogP contribution in [0, 0.1) is 0 Å². The third-order valence-corrected chi connectivity index (χ3v) is 4.13. The van der Waals surface area contributed by atoms with Crippen molar-refractivity contribution in [1.29, 1.82) is 0 Å². The van der Waals surface area contributed by atoms with Gasteiger partial charge in [0, 0.05) is 35.7 Å². The van der Waals surface area contributed by atoms with E-state index in [0.717, 1.165) is 13.0 Å². The van der Waals surface area contributed by atoms with Gasteiger partial charge in [0.25, 0.3) is 0 Å². The lowest BCUT2D eigenvalue weighted by atomic mass is 9.96. The van der Waals surface area contributed by atoms with Gasteiger partial charge in [-0.3, -0.25) is 4.90 Å². The quantitative estimate of drug-likeness (QED) is 0.788. The maximum Gasteiger partial charge on any atom is 0.118 e. The molecule has 1 aliphatic rings. The molecule has 1 aliphatic heterocycles. The zero-order valence-corrected chi connectivity index (χ0v) is 14.4. The van der Waals surface area contributed by atoms with Crippen LogP contribution in [0.25, 0.3) is 10.9 Å². The highest BCUT2D eigenvalue weighted by Crippen LogP contribution is 2.31. The molecule has 0 amide bonds. The molecule has 0 saturated carbocycles. The van der Waals surface area contributed by atoms with Crippen LogP contribution in [0.2, 0.25) is 0 Å². The van der Waals surface area contributed by atoms with Gasteiger partial charge in [-0.25, -0.2) is 4.39 Å². The maximum absolute atomic E-state index is 13.9. The second kappa shape index (κ2) is 7.14. The third kappa shape index (κ3) is 4.32. The first-order chi connectivity index (χ1) is 10.9. The van der Waals surface area contributed by atoms with Crippen LogP contribution >= 0.6 is 0 Å². The molecular weight excluding hydrogens is 287 g/mol. The first kappa shape index (κ1) is 17.5. The van der Waals surface area contributed by atoms with Crippen molar-refractivity contribution in [2.75, 3.05) is 6.54 Å². The van der Waals surface area contributed by atoms with Gasteiger partial charge in [-0.15, -0.1) is 0 Å². The minimum atomic E-state index is -1.14. The second-order valence-corrected chi connectivity index (χ2v) is 6.78. The van der Waals surface area contributed by atoms with Crippen LogP contribution in [0.3, 0.4) is 0 Å². The van der Waals surface area contributed by atoms with Crippen molar-refractivity contribution < 1.29 is 4.39 Å². The average molecular weight is 314 g/mol. The van der Waals surface area contributed by atoms with Gasteiger partial charge < -0.3 is 4.98 Å². The standard InChI is InChI=1S/C16H21FN2.C4H6/c1-11-8-13-12-6-4-5-7-14(12)18-15(13)9-19(11)10-16(2,3)17;1-3-4-2/h4-7,11,18H,8-10H2,1-3H3;3-4H,1-2H2/t11-;/m1./s1. The number of alkyl halides is 1. The summed E-state index contributed by atoms with van der Waals surface area (Å²) in [4.78, 5) is 5.72. The summed E-state index contributed by atoms with van der Waals surface area (Å²) in [5.41, 5.74) is 2.72. The zero-order valence-electron chi connectivity index (χ0n) is 14.4. The molecule has 2 heterocycles. The molecule has 1 N–H and O–H groups in total. The van der Waals surface area contributed by atoms with E-state index >= 15 is 0 Å². The topological polar surface area (TPSA) is 19.0 Å². The van der Waals surface area contributed by atoms with Gasteiger partial charge in [0.2, 0.25) is 0 Å². The molecule has 0 bridgehead atoms. The lowest BCUT2D eigenvalue weighted by molar-refractivity contribution is 0.0853. The van der Waals surface area contributed by atoms with Crippen LogP contribution in [0.1, 0.15) is 32.0 Å². The molecule has 124 valence electrons. The minimum Gasteiger partial charge on any atom is -0.357 e. The maximum atomic E-state index is 13.9. The fourth-order valence-corrected chi connectivity index (χ4v) is 3.10. The fourth-order valence-electron chi connectivity index (χ4n) is 3.10. The number of para-hydroxylation sites is 1. The number of aromatic amines is 1. The average Bonchev–Trinajstić information content (AvgIpc) is 2.84. The number of rotatable bonds is 3. The van der Waals surface area contributed by atoms with E-state index in [4.69, 9.17) is 0 Å². The van der Waals surface area contributed by atoms with Crippen molar-refractivity contribution in [2.24, 2.45) is 0 Å². The zero-order chi connectivity index (χ0) is 17.0. The Balaban J connectivity index is 0.000000433. The molecule has 0 radical (unpaired) electrons. The molecule has 1 atom stereocenters. The molecule has 3 heteroatoms. The van der Waals surface area contributed by atoms with Crippen molar-refractivity contribution in [1.82, 2.24) is 9.88 Å². The molecule has 0 saturated heterocycles. The Kier molecular flexibility index (Phi) is 5.42. The lowest BCUT2D eigenvalue weighted by Gasteiger charge is -2.36. The summed E-state index contributed by atoms with van der Waals surface area (Å²) in [7, 11) is 0. The molecule has 3 rings (SSSR count). The Labute approximate surface area is 138 Å². The molecule has 0 unspecified atom stereocenters. The number of H-pyrrole nitrogens is 1. The van der Waals surface area contributed by atoms with Crippen LogP contribution in [-0.2, 0) is 13.0 Å². The molecule has 1 aromatic carbocycles. The van der Waals surface area contributed by atoms with E-state index in [-0.39, 0.29) is 0 Å². The molecule has 23 heavy (non-hydrogen) atoms. The number of fused-ring (bicyclic) bond motifs is 3. The van der Waals surface area contributed by atoms with Crippen LogP contribution in [0.15, 0.2) is 49.6 Å². The molecule has 0 spiro atoms. The van der Waals surface area contributed by atoms with E-state index in [1.807, 2.05) is 0 Å². The summed E-state index contributed by atoms with van der Waals surface area (Å²) in [6.45, 7) is 13.5. The smallest absolute Gasteiger partial charge is 0.118 e. The van der Waals surface area contributed by atoms with E-state index < -0.39 is 5.67 Å². The Morgan fingerprint density at radius 3 is 2.57 bits per heavy atom. The largest absolute Gasteiger partial charge is 0.357 e. The number of nitrogens with one attached hydrogen (secondary N) is 1. The predicted octanol–water partition coefficient (Wildman–Crippen LogP) is 5.02. The van der Waals surface area contributed by atoms with E-state index in [1.165, 1.54) is 22.2 Å². The van der Waals surface area contributed by atoms with Gasteiger partial charge in [-0.1, -0.05) is 43.5 Å². The van der Waals surface area contributed by atoms with Crippen molar-refractivity contribution >= 4 is 10.9 Å².